The number of ether oxygens (including phenoxy) is 1. The first-order chi connectivity index (χ1) is 18.3. The minimum Gasteiger partial charge on any atom is -0.483 e. The molecule has 8 nitrogen and oxygen atoms in total. The van der Waals surface area contributed by atoms with E-state index in [2.05, 4.69) is 5.10 Å². The van der Waals surface area contributed by atoms with Gasteiger partial charge < -0.3 is 9.64 Å². The van der Waals surface area contributed by atoms with Gasteiger partial charge in [-0.1, -0.05) is 35.9 Å². The van der Waals surface area contributed by atoms with Crippen molar-refractivity contribution in [2.45, 2.75) is 38.2 Å². The van der Waals surface area contributed by atoms with Gasteiger partial charge in [-0.15, -0.1) is 0 Å². The third-order valence-electron chi connectivity index (χ3n) is 7.11. The summed E-state index contributed by atoms with van der Waals surface area (Å²) in [5, 5.41) is 4.89. The van der Waals surface area contributed by atoms with Gasteiger partial charge in [0.05, 0.1) is 23.7 Å². The van der Waals surface area contributed by atoms with E-state index in [0.717, 1.165) is 25.7 Å². The van der Waals surface area contributed by atoms with Crippen LogP contribution in [0, 0.1) is 5.82 Å². The average molecular weight is 561 g/mol. The predicted octanol–water partition coefficient (Wildman–Crippen LogP) is 4.04. The quantitative estimate of drug-likeness (QED) is 0.413. The Balaban J connectivity index is 1.34. The van der Waals surface area contributed by atoms with E-state index in [4.69, 9.17) is 16.3 Å². The highest BCUT2D eigenvalue weighted by Crippen LogP contribution is 2.30. The Bertz CT molecular complexity index is 1450. The summed E-state index contributed by atoms with van der Waals surface area (Å²) in [6.45, 7) is 1.25. The normalized spacial score (nSPS) is 17.2. The van der Waals surface area contributed by atoms with Gasteiger partial charge in [0.25, 0.3) is 0 Å². The second-order valence-electron chi connectivity index (χ2n) is 9.62. The van der Waals surface area contributed by atoms with Crippen LogP contribution in [0.1, 0.15) is 31.2 Å². The van der Waals surface area contributed by atoms with Crippen molar-refractivity contribution in [1.29, 1.82) is 0 Å². The molecule has 2 aliphatic rings. The lowest BCUT2D eigenvalue weighted by atomic mass is 10.2. The van der Waals surface area contributed by atoms with Gasteiger partial charge in [0.1, 0.15) is 11.5 Å². The van der Waals surface area contributed by atoms with Crippen LogP contribution in [0.3, 0.4) is 0 Å². The maximum Gasteiger partial charge on any atom is 0.316 e. The van der Waals surface area contributed by atoms with Crippen LogP contribution in [0.25, 0.3) is 5.69 Å². The molecule has 0 spiro atoms. The van der Waals surface area contributed by atoms with E-state index in [9.17, 15) is 17.6 Å². The van der Waals surface area contributed by atoms with Crippen LogP contribution in [0.4, 0.5) is 10.1 Å². The minimum absolute atomic E-state index is 0.0447. The summed E-state index contributed by atoms with van der Waals surface area (Å²) in [5.41, 5.74) is 1.10. The number of sulfonamides is 1. The van der Waals surface area contributed by atoms with E-state index < -0.39 is 15.8 Å². The maximum absolute atomic E-state index is 14.0. The van der Waals surface area contributed by atoms with Gasteiger partial charge in [0.2, 0.25) is 15.8 Å². The van der Waals surface area contributed by atoms with Crippen LogP contribution >= 0.6 is 11.6 Å². The summed E-state index contributed by atoms with van der Waals surface area (Å²) in [6.07, 6.45) is 5.54. The number of benzene rings is 2. The van der Waals surface area contributed by atoms with E-state index in [0.29, 0.717) is 35.1 Å². The Morgan fingerprint density at radius 2 is 1.76 bits per heavy atom. The molecule has 0 radical (unpaired) electrons. The Morgan fingerprint density at radius 3 is 2.47 bits per heavy atom. The van der Waals surface area contributed by atoms with E-state index in [1.54, 1.807) is 48.7 Å². The standard InChI is InChI=1S/C27H30ClFN4O4S/c28-21-7-5-8-22(18-21)33-27(34)26(37-23-9-2-3-10-23)25(19-30-33)31-13-15-32(16-14-31)38(35,36)17-12-20-6-1-4-11-24(20)29/h1,4-8,11,18-19,23H,2-3,9-10,12-17H2. The number of aromatic nitrogens is 2. The zero-order chi connectivity index (χ0) is 26.7. The zero-order valence-electron chi connectivity index (χ0n) is 20.9. The molecule has 202 valence electrons. The SMILES string of the molecule is O=c1c(OC2CCCC2)c(N2CCN(S(=O)(=O)CCc3ccccc3F)CC2)cnn1-c1cccc(Cl)c1. The van der Waals surface area contributed by atoms with Crippen molar-refractivity contribution in [3.05, 3.63) is 81.5 Å². The van der Waals surface area contributed by atoms with Crippen LogP contribution in [-0.2, 0) is 16.4 Å². The fraction of sp³-hybridized carbons (Fsp3) is 0.407. The molecule has 1 saturated carbocycles. The van der Waals surface area contributed by atoms with E-state index >= 15 is 0 Å². The number of aryl methyl sites for hydroxylation is 1. The molecule has 5 rings (SSSR count). The number of hydrogen-bond acceptors (Lipinski definition) is 6. The second-order valence-corrected chi connectivity index (χ2v) is 12.1. The summed E-state index contributed by atoms with van der Waals surface area (Å²) in [4.78, 5) is 15.5. The molecule has 11 heteroatoms. The van der Waals surface area contributed by atoms with Crippen molar-refractivity contribution in [2.24, 2.45) is 0 Å². The lowest BCUT2D eigenvalue weighted by Gasteiger charge is -2.36. The van der Waals surface area contributed by atoms with Gasteiger partial charge in [-0.05, 0) is 61.9 Å². The Kier molecular flexibility index (Phi) is 8.01. The number of anilines is 1. The molecule has 0 N–H and O–H groups in total. The minimum atomic E-state index is -3.57. The Labute approximate surface area is 226 Å². The molecule has 1 aromatic heterocycles. The maximum atomic E-state index is 14.0. The summed E-state index contributed by atoms with van der Waals surface area (Å²) in [7, 11) is -3.57. The molecule has 1 aliphatic heterocycles. The van der Waals surface area contributed by atoms with Gasteiger partial charge in [-0.3, -0.25) is 4.79 Å². The Morgan fingerprint density at radius 1 is 1.03 bits per heavy atom. The molecule has 2 fully saturated rings. The van der Waals surface area contributed by atoms with E-state index in [1.807, 2.05) is 4.90 Å². The fourth-order valence-electron chi connectivity index (χ4n) is 5.01. The summed E-state index contributed by atoms with van der Waals surface area (Å²) < 4.78 is 48.9. The summed E-state index contributed by atoms with van der Waals surface area (Å²) >= 11 is 6.14. The molecule has 0 atom stereocenters. The first-order valence-corrected chi connectivity index (χ1v) is 14.8. The monoisotopic (exact) mass is 560 g/mol. The van der Waals surface area contributed by atoms with Crippen molar-refractivity contribution >= 4 is 27.3 Å². The summed E-state index contributed by atoms with van der Waals surface area (Å²) in [6, 6.07) is 13.1. The van der Waals surface area contributed by atoms with Crippen LogP contribution in [0.2, 0.25) is 5.02 Å². The first kappa shape index (κ1) is 26.6. The largest absolute Gasteiger partial charge is 0.483 e. The molecule has 38 heavy (non-hydrogen) atoms. The van der Waals surface area contributed by atoms with Crippen molar-refractivity contribution in [3.8, 4) is 11.4 Å². The third-order valence-corrected chi connectivity index (χ3v) is 9.22. The van der Waals surface area contributed by atoms with E-state index in [1.165, 1.54) is 15.1 Å². The molecular formula is C27H30ClFN4O4S. The highest BCUT2D eigenvalue weighted by Gasteiger charge is 2.30. The van der Waals surface area contributed by atoms with Gasteiger partial charge in [-0.2, -0.15) is 14.1 Å². The van der Waals surface area contributed by atoms with Crippen LogP contribution in [0.15, 0.2) is 59.5 Å². The lowest BCUT2D eigenvalue weighted by Crippen LogP contribution is -2.50. The molecule has 2 aromatic carbocycles. The average Bonchev–Trinajstić information content (AvgIpc) is 3.43. The van der Waals surface area contributed by atoms with Crippen molar-refractivity contribution < 1.29 is 17.5 Å². The smallest absolute Gasteiger partial charge is 0.316 e. The number of nitrogens with zero attached hydrogens (tertiary/aromatic N) is 4. The molecule has 1 aliphatic carbocycles. The predicted molar refractivity (Wildman–Crippen MR) is 145 cm³/mol. The zero-order valence-corrected chi connectivity index (χ0v) is 22.5. The van der Waals surface area contributed by atoms with Crippen molar-refractivity contribution in [1.82, 2.24) is 14.1 Å². The molecule has 0 bridgehead atoms. The van der Waals surface area contributed by atoms with Crippen LogP contribution < -0.4 is 15.2 Å². The van der Waals surface area contributed by atoms with Gasteiger partial charge >= 0.3 is 5.56 Å². The molecule has 0 amide bonds. The topological polar surface area (TPSA) is 84.7 Å². The Hall–Kier alpha value is -2.95. The molecular weight excluding hydrogens is 531 g/mol. The van der Waals surface area contributed by atoms with Crippen molar-refractivity contribution in [3.63, 3.8) is 0 Å². The van der Waals surface area contributed by atoms with Crippen LogP contribution in [-0.4, -0.2) is 60.5 Å². The third kappa shape index (κ3) is 5.87. The molecule has 3 aromatic rings. The van der Waals surface area contributed by atoms with E-state index in [-0.39, 0.29) is 42.7 Å². The summed E-state index contributed by atoms with van der Waals surface area (Å²) in [5.74, 6) is -0.341. The molecule has 0 unspecified atom stereocenters. The van der Waals surface area contributed by atoms with Gasteiger partial charge in [-0.25, -0.2) is 12.8 Å². The fourth-order valence-corrected chi connectivity index (χ4v) is 6.65. The molecule has 2 heterocycles. The second kappa shape index (κ2) is 11.4. The highest BCUT2D eigenvalue weighted by atomic mass is 35.5. The highest BCUT2D eigenvalue weighted by molar-refractivity contribution is 7.89. The number of halogens is 2. The van der Waals surface area contributed by atoms with Crippen LogP contribution in [0.5, 0.6) is 5.75 Å². The number of piperazine rings is 1. The first-order valence-electron chi connectivity index (χ1n) is 12.8. The van der Waals surface area contributed by atoms with Gasteiger partial charge in [0.15, 0.2) is 0 Å². The number of rotatable bonds is 8. The lowest BCUT2D eigenvalue weighted by molar-refractivity contribution is 0.205. The molecule has 1 saturated heterocycles. The number of hydrogen-bond donors (Lipinski definition) is 0. The van der Waals surface area contributed by atoms with Gasteiger partial charge in [0, 0.05) is 31.2 Å². The van der Waals surface area contributed by atoms with Crippen molar-refractivity contribution in [2.75, 3.05) is 36.8 Å².